The van der Waals surface area contributed by atoms with E-state index < -0.39 is 11.8 Å². The van der Waals surface area contributed by atoms with Crippen LogP contribution in [0.3, 0.4) is 0 Å². The van der Waals surface area contributed by atoms with Gasteiger partial charge in [-0.25, -0.2) is 4.39 Å². The molecule has 13 heavy (non-hydrogen) atoms. The van der Waals surface area contributed by atoms with Crippen LogP contribution in [0.25, 0.3) is 0 Å². The minimum atomic E-state index is -0.795. The fourth-order valence-electron chi connectivity index (χ4n) is 1.40. The second-order valence-corrected chi connectivity index (χ2v) is 3.19. The van der Waals surface area contributed by atoms with Crippen molar-refractivity contribution in [3.8, 4) is 0 Å². The topological polar surface area (TPSA) is 50.2 Å². The molecular weight excluding hydrogens is 173 g/mol. The zero-order valence-corrected chi connectivity index (χ0v) is 6.77. The van der Waals surface area contributed by atoms with Gasteiger partial charge in [0.1, 0.15) is 5.82 Å². The number of hydrogen-bond donors (Lipinski definition) is 1. The second-order valence-electron chi connectivity index (χ2n) is 3.19. The summed E-state index contributed by atoms with van der Waals surface area (Å²) in [6.07, 6.45) is 1.74. The Balaban J connectivity index is 2.12. The number of hydrogen-bond acceptors (Lipinski definition) is 2. The van der Waals surface area contributed by atoms with Gasteiger partial charge < -0.3 is 5.11 Å². The predicted molar refractivity (Wildman–Crippen MR) is 42.7 cm³/mol. The van der Waals surface area contributed by atoms with E-state index in [2.05, 4.69) is 4.98 Å². The average Bonchev–Trinajstić information content (AvgIpc) is 2.85. The maximum atomic E-state index is 12.4. The fourth-order valence-corrected chi connectivity index (χ4v) is 1.40. The molecule has 0 aliphatic heterocycles. The van der Waals surface area contributed by atoms with Crippen LogP contribution in [0, 0.1) is 11.7 Å². The van der Waals surface area contributed by atoms with Crippen molar-refractivity contribution in [1.82, 2.24) is 4.98 Å². The molecule has 2 unspecified atom stereocenters. The Bertz CT molecular complexity index is 336. The SMILES string of the molecule is O=C(O)C1CC1c1ccc(F)cn1. The van der Waals surface area contributed by atoms with E-state index in [1.54, 1.807) is 6.07 Å². The van der Waals surface area contributed by atoms with Crippen molar-refractivity contribution in [2.24, 2.45) is 5.92 Å². The summed E-state index contributed by atoms with van der Waals surface area (Å²) in [5.41, 5.74) is 0.675. The van der Waals surface area contributed by atoms with Crippen molar-refractivity contribution in [2.45, 2.75) is 12.3 Å². The van der Waals surface area contributed by atoms with E-state index in [-0.39, 0.29) is 11.8 Å². The molecule has 1 aliphatic carbocycles. The molecule has 1 saturated carbocycles. The molecule has 0 bridgehead atoms. The molecule has 4 heteroatoms. The van der Waals surface area contributed by atoms with Crippen LogP contribution in [-0.2, 0) is 4.79 Å². The van der Waals surface area contributed by atoms with Crippen molar-refractivity contribution < 1.29 is 14.3 Å². The Morgan fingerprint density at radius 1 is 1.62 bits per heavy atom. The number of aromatic nitrogens is 1. The van der Waals surface area contributed by atoms with E-state index in [1.165, 1.54) is 6.07 Å². The zero-order chi connectivity index (χ0) is 9.42. The Kier molecular flexibility index (Phi) is 1.76. The van der Waals surface area contributed by atoms with Crippen molar-refractivity contribution in [3.05, 3.63) is 29.8 Å². The highest BCUT2D eigenvalue weighted by Gasteiger charge is 2.45. The molecule has 3 nitrogen and oxygen atoms in total. The number of carbonyl (C=O) groups is 1. The molecule has 0 radical (unpaired) electrons. The maximum Gasteiger partial charge on any atom is 0.307 e. The Morgan fingerprint density at radius 3 is 2.85 bits per heavy atom. The summed E-state index contributed by atoms with van der Waals surface area (Å²) in [5.74, 6) is -1.52. The van der Waals surface area contributed by atoms with Crippen LogP contribution in [0.15, 0.2) is 18.3 Å². The van der Waals surface area contributed by atoms with E-state index >= 15 is 0 Å². The number of pyridine rings is 1. The molecule has 0 amide bonds. The molecule has 1 aromatic rings. The summed E-state index contributed by atoms with van der Waals surface area (Å²) in [5, 5.41) is 8.64. The summed E-state index contributed by atoms with van der Waals surface area (Å²) >= 11 is 0. The van der Waals surface area contributed by atoms with E-state index in [4.69, 9.17) is 5.11 Å². The average molecular weight is 181 g/mol. The monoisotopic (exact) mass is 181 g/mol. The minimum Gasteiger partial charge on any atom is -0.481 e. The lowest BCUT2D eigenvalue weighted by atomic mass is 10.2. The van der Waals surface area contributed by atoms with E-state index in [1.807, 2.05) is 0 Å². The van der Waals surface area contributed by atoms with Gasteiger partial charge in [0.15, 0.2) is 0 Å². The molecule has 0 saturated heterocycles. The quantitative estimate of drug-likeness (QED) is 0.750. The zero-order valence-electron chi connectivity index (χ0n) is 6.77. The van der Waals surface area contributed by atoms with E-state index in [9.17, 15) is 9.18 Å². The molecule has 1 aliphatic rings. The number of carboxylic acids is 1. The third kappa shape index (κ3) is 1.52. The largest absolute Gasteiger partial charge is 0.481 e. The van der Waals surface area contributed by atoms with E-state index in [0.717, 1.165) is 6.20 Å². The van der Waals surface area contributed by atoms with Gasteiger partial charge in [-0.2, -0.15) is 0 Å². The van der Waals surface area contributed by atoms with Crippen LogP contribution in [0.2, 0.25) is 0 Å². The van der Waals surface area contributed by atoms with Crippen LogP contribution >= 0.6 is 0 Å². The lowest BCUT2D eigenvalue weighted by Gasteiger charge is -1.95. The van der Waals surface area contributed by atoms with Crippen molar-refractivity contribution >= 4 is 5.97 Å². The van der Waals surface area contributed by atoms with Crippen LogP contribution < -0.4 is 0 Å². The Labute approximate surface area is 74.2 Å². The van der Waals surface area contributed by atoms with Gasteiger partial charge in [0.25, 0.3) is 0 Å². The third-order valence-electron chi connectivity index (χ3n) is 2.24. The Hall–Kier alpha value is -1.45. The van der Waals surface area contributed by atoms with Gasteiger partial charge in [0, 0.05) is 11.6 Å². The highest BCUT2D eigenvalue weighted by atomic mass is 19.1. The van der Waals surface area contributed by atoms with Gasteiger partial charge >= 0.3 is 5.97 Å². The van der Waals surface area contributed by atoms with Crippen LogP contribution in [0.4, 0.5) is 4.39 Å². The molecular formula is C9H8FNO2. The third-order valence-corrected chi connectivity index (χ3v) is 2.24. The molecule has 0 spiro atoms. The van der Waals surface area contributed by atoms with Gasteiger partial charge in [-0.3, -0.25) is 9.78 Å². The molecule has 1 N–H and O–H groups in total. The maximum absolute atomic E-state index is 12.4. The van der Waals surface area contributed by atoms with Gasteiger partial charge in [0.05, 0.1) is 12.1 Å². The molecule has 2 atom stereocenters. The predicted octanol–water partition coefficient (Wildman–Crippen LogP) is 1.41. The van der Waals surface area contributed by atoms with Crippen LogP contribution in [0.1, 0.15) is 18.0 Å². The first-order valence-corrected chi connectivity index (χ1v) is 4.03. The van der Waals surface area contributed by atoms with Crippen LogP contribution in [-0.4, -0.2) is 16.1 Å². The lowest BCUT2D eigenvalue weighted by Crippen LogP contribution is -1.99. The standard InChI is InChI=1S/C9H8FNO2/c10-5-1-2-8(11-4-5)6-3-7(6)9(12)13/h1-2,4,6-7H,3H2,(H,12,13). The Morgan fingerprint density at radius 2 is 2.38 bits per heavy atom. The molecule has 1 heterocycles. The molecule has 2 rings (SSSR count). The molecule has 0 aromatic carbocycles. The highest BCUT2D eigenvalue weighted by molar-refractivity contribution is 5.75. The summed E-state index contributed by atoms with van der Waals surface area (Å²) in [4.78, 5) is 14.3. The van der Waals surface area contributed by atoms with Gasteiger partial charge in [0.2, 0.25) is 0 Å². The summed E-state index contributed by atoms with van der Waals surface area (Å²) in [7, 11) is 0. The summed E-state index contributed by atoms with van der Waals surface area (Å²) in [6.45, 7) is 0. The summed E-state index contributed by atoms with van der Waals surface area (Å²) < 4.78 is 12.4. The van der Waals surface area contributed by atoms with Crippen LogP contribution in [0.5, 0.6) is 0 Å². The molecule has 1 fully saturated rings. The number of nitrogens with zero attached hydrogens (tertiary/aromatic N) is 1. The number of halogens is 1. The van der Waals surface area contributed by atoms with Gasteiger partial charge in [-0.05, 0) is 18.6 Å². The van der Waals surface area contributed by atoms with Crippen molar-refractivity contribution in [3.63, 3.8) is 0 Å². The van der Waals surface area contributed by atoms with Gasteiger partial charge in [-0.15, -0.1) is 0 Å². The van der Waals surface area contributed by atoms with Gasteiger partial charge in [-0.1, -0.05) is 0 Å². The molecule has 1 aromatic heterocycles. The number of aliphatic carboxylic acids is 1. The molecule has 68 valence electrons. The number of rotatable bonds is 2. The minimum absolute atomic E-state index is 0.0156. The normalized spacial score (nSPS) is 25.6. The first-order valence-electron chi connectivity index (χ1n) is 4.03. The second kappa shape index (κ2) is 2.80. The number of carboxylic acid groups (broad SMARTS) is 1. The smallest absolute Gasteiger partial charge is 0.307 e. The van der Waals surface area contributed by atoms with Crippen molar-refractivity contribution in [1.29, 1.82) is 0 Å². The first kappa shape index (κ1) is 8.16. The summed E-state index contributed by atoms with van der Waals surface area (Å²) in [6, 6.07) is 2.85. The van der Waals surface area contributed by atoms with E-state index in [0.29, 0.717) is 12.1 Å². The fraction of sp³-hybridized carbons (Fsp3) is 0.333. The first-order chi connectivity index (χ1) is 6.18. The lowest BCUT2D eigenvalue weighted by molar-refractivity contribution is -0.138. The highest BCUT2D eigenvalue weighted by Crippen LogP contribution is 2.46. The van der Waals surface area contributed by atoms with Crippen molar-refractivity contribution in [2.75, 3.05) is 0 Å².